The van der Waals surface area contributed by atoms with E-state index in [0.29, 0.717) is 18.4 Å². The average molecular weight is 314 g/mol. The molecule has 3 rings (SSSR count). The monoisotopic (exact) mass is 314 g/mol. The number of likely N-dealkylation sites (tertiary alicyclic amines) is 2. The van der Waals surface area contributed by atoms with Gasteiger partial charge in [-0.05, 0) is 50.8 Å². The Kier molecular flexibility index (Phi) is 6.09. The summed E-state index contributed by atoms with van der Waals surface area (Å²) in [6.45, 7) is 4.45. The van der Waals surface area contributed by atoms with Crippen LogP contribution in [0.2, 0.25) is 0 Å². The lowest BCUT2D eigenvalue weighted by molar-refractivity contribution is -0.132. The number of hydrogen-bond donors (Lipinski definition) is 0. The van der Waals surface area contributed by atoms with Gasteiger partial charge < -0.3 is 9.80 Å². The van der Waals surface area contributed by atoms with E-state index in [2.05, 4.69) is 21.9 Å². The van der Waals surface area contributed by atoms with Gasteiger partial charge in [-0.3, -0.25) is 4.79 Å². The topological polar surface area (TPSA) is 23.6 Å². The van der Waals surface area contributed by atoms with Gasteiger partial charge in [-0.2, -0.15) is 0 Å². The molecule has 2 fully saturated rings. The molecule has 0 radical (unpaired) electrons. The quantitative estimate of drug-likeness (QED) is 0.849. The second-order valence-corrected chi connectivity index (χ2v) is 7.05. The molecule has 0 spiro atoms. The Labute approximate surface area is 140 Å². The van der Waals surface area contributed by atoms with E-state index in [4.69, 9.17) is 0 Å². The third kappa shape index (κ3) is 4.81. The van der Waals surface area contributed by atoms with Crippen LogP contribution in [0.15, 0.2) is 30.3 Å². The van der Waals surface area contributed by atoms with Gasteiger partial charge in [-0.25, -0.2) is 0 Å². The highest BCUT2D eigenvalue weighted by atomic mass is 16.2. The number of piperidine rings is 1. The first-order chi connectivity index (χ1) is 11.3. The first-order valence-corrected chi connectivity index (χ1v) is 9.39. The number of nitrogens with zero attached hydrogens (tertiary/aromatic N) is 2. The third-order valence-corrected chi connectivity index (χ3v) is 5.44. The maximum absolute atomic E-state index is 12.4. The molecule has 2 aliphatic heterocycles. The van der Waals surface area contributed by atoms with Crippen molar-refractivity contribution in [3.05, 3.63) is 35.9 Å². The van der Waals surface area contributed by atoms with Crippen LogP contribution in [0.4, 0.5) is 0 Å². The van der Waals surface area contributed by atoms with Crippen molar-refractivity contribution in [3.63, 3.8) is 0 Å². The molecule has 23 heavy (non-hydrogen) atoms. The zero-order chi connectivity index (χ0) is 15.9. The number of carbonyl (C=O) groups is 1. The Bertz CT molecular complexity index is 472. The molecule has 0 N–H and O–H groups in total. The summed E-state index contributed by atoms with van der Waals surface area (Å²) in [6, 6.07) is 11.1. The first kappa shape index (κ1) is 16.5. The van der Waals surface area contributed by atoms with Gasteiger partial charge in [0, 0.05) is 25.6 Å². The Morgan fingerprint density at radius 1 is 0.913 bits per heavy atom. The van der Waals surface area contributed by atoms with Gasteiger partial charge in [0.15, 0.2) is 0 Å². The molecule has 0 bridgehead atoms. The van der Waals surface area contributed by atoms with E-state index in [9.17, 15) is 4.79 Å². The molecular weight excluding hydrogens is 284 g/mol. The highest BCUT2D eigenvalue weighted by Crippen LogP contribution is 2.21. The van der Waals surface area contributed by atoms with Gasteiger partial charge in [-0.15, -0.1) is 0 Å². The van der Waals surface area contributed by atoms with Crippen molar-refractivity contribution in [2.75, 3.05) is 26.2 Å². The Morgan fingerprint density at radius 2 is 1.57 bits per heavy atom. The van der Waals surface area contributed by atoms with Crippen LogP contribution in [0.25, 0.3) is 0 Å². The normalized spacial score (nSPS) is 21.1. The van der Waals surface area contributed by atoms with Crippen LogP contribution in [-0.2, 0) is 11.2 Å². The molecular formula is C20H30N2O. The summed E-state index contributed by atoms with van der Waals surface area (Å²) in [7, 11) is 0. The van der Waals surface area contributed by atoms with Crippen LogP contribution < -0.4 is 0 Å². The maximum Gasteiger partial charge on any atom is 0.222 e. The minimum atomic E-state index is 0.336. The van der Waals surface area contributed by atoms with Crippen LogP contribution in [0, 0.1) is 0 Å². The lowest BCUT2D eigenvalue weighted by Gasteiger charge is -2.38. The van der Waals surface area contributed by atoms with E-state index < -0.39 is 0 Å². The number of rotatable bonds is 4. The van der Waals surface area contributed by atoms with Gasteiger partial charge in [0.2, 0.25) is 5.91 Å². The predicted octanol–water partition coefficient (Wildman–Crippen LogP) is 3.49. The van der Waals surface area contributed by atoms with Gasteiger partial charge in [0.25, 0.3) is 0 Å². The number of aryl methyl sites for hydroxylation is 1. The second-order valence-electron chi connectivity index (χ2n) is 7.05. The van der Waals surface area contributed by atoms with Crippen molar-refractivity contribution >= 4 is 5.91 Å². The Balaban J connectivity index is 1.42. The molecule has 1 aromatic rings. The van der Waals surface area contributed by atoms with Crippen LogP contribution in [0.3, 0.4) is 0 Å². The van der Waals surface area contributed by atoms with Crippen molar-refractivity contribution in [2.24, 2.45) is 0 Å². The van der Waals surface area contributed by atoms with Gasteiger partial charge >= 0.3 is 0 Å². The van der Waals surface area contributed by atoms with Crippen LogP contribution >= 0.6 is 0 Å². The minimum absolute atomic E-state index is 0.336. The number of amides is 1. The lowest BCUT2D eigenvalue weighted by Crippen LogP contribution is -2.47. The standard InChI is InChI=1S/C20H30N2O/c23-20(11-10-18-8-4-3-5-9-18)22-16-12-19(13-17-22)21-14-6-1-2-7-15-21/h3-5,8-9,19H,1-2,6-7,10-17H2. The van der Waals surface area contributed by atoms with Crippen molar-refractivity contribution in [2.45, 2.75) is 57.4 Å². The highest BCUT2D eigenvalue weighted by molar-refractivity contribution is 5.76. The summed E-state index contributed by atoms with van der Waals surface area (Å²) < 4.78 is 0. The second kappa shape index (κ2) is 8.49. The van der Waals surface area contributed by atoms with E-state index >= 15 is 0 Å². The summed E-state index contributed by atoms with van der Waals surface area (Å²) in [4.78, 5) is 17.2. The number of benzene rings is 1. The van der Waals surface area contributed by atoms with Gasteiger partial charge in [0.05, 0.1) is 0 Å². The Hall–Kier alpha value is -1.35. The molecule has 2 heterocycles. The SMILES string of the molecule is O=C(CCc1ccccc1)N1CCC(N2CCCCCC2)CC1. The minimum Gasteiger partial charge on any atom is -0.343 e. The summed E-state index contributed by atoms with van der Waals surface area (Å²) in [5.41, 5.74) is 1.26. The molecule has 2 saturated heterocycles. The first-order valence-electron chi connectivity index (χ1n) is 9.39. The lowest BCUT2D eigenvalue weighted by atomic mass is 10.0. The van der Waals surface area contributed by atoms with Crippen LogP contribution in [0.1, 0.15) is 50.5 Å². The fourth-order valence-corrected chi connectivity index (χ4v) is 3.99. The van der Waals surface area contributed by atoms with Crippen molar-refractivity contribution < 1.29 is 4.79 Å². The maximum atomic E-state index is 12.4. The van der Waals surface area contributed by atoms with E-state index in [1.165, 1.54) is 44.3 Å². The highest BCUT2D eigenvalue weighted by Gasteiger charge is 2.26. The van der Waals surface area contributed by atoms with Crippen molar-refractivity contribution in [3.8, 4) is 0 Å². The fraction of sp³-hybridized carbons (Fsp3) is 0.650. The summed E-state index contributed by atoms with van der Waals surface area (Å²) in [5.74, 6) is 0.336. The van der Waals surface area contributed by atoms with Crippen molar-refractivity contribution in [1.29, 1.82) is 0 Å². The molecule has 1 amide bonds. The molecule has 3 heteroatoms. The molecule has 3 nitrogen and oxygen atoms in total. The summed E-state index contributed by atoms with van der Waals surface area (Å²) >= 11 is 0. The summed E-state index contributed by atoms with van der Waals surface area (Å²) in [5, 5.41) is 0. The van der Waals surface area contributed by atoms with Gasteiger partial charge in [-0.1, -0.05) is 43.2 Å². The van der Waals surface area contributed by atoms with E-state index in [1.807, 2.05) is 18.2 Å². The molecule has 0 unspecified atom stereocenters. The largest absolute Gasteiger partial charge is 0.343 e. The van der Waals surface area contributed by atoms with E-state index in [-0.39, 0.29) is 0 Å². The summed E-state index contributed by atoms with van der Waals surface area (Å²) in [6.07, 6.45) is 9.35. The van der Waals surface area contributed by atoms with Crippen molar-refractivity contribution in [1.82, 2.24) is 9.80 Å². The van der Waals surface area contributed by atoms with Crippen LogP contribution in [0.5, 0.6) is 0 Å². The molecule has 126 valence electrons. The fourth-order valence-electron chi connectivity index (χ4n) is 3.99. The van der Waals surface area contributed by atoms with Gasteiger partial charge in [0.1, 0.15) is 0 Å². The van der Waals surface area contributed by atoms with E-state index in [1.54, 1.807) is 0 Å². The zero-order valence-electron chi connectivity index (χ0n) is 14.3. The number of carbonyl (C=O) groups excluding carboxylic acids is 1. The molecule has 1 aromatic carbocycles. The Morgan fingerprint density at radius 3 is 2.22 bits per heavy atom. The molecule has 0 aromatic heterocycles. The van der Waals surface area contributed by atoms with E-state index in [0.717, 1.165) is 32.4 Å². The molecule has 2 aliphatic rings. The average Bonchev–Trinajstić information content (AvgIpc) is 2.90. The molecule has 0 atom stereocenters. The third-order valence-electron chi connectivity index (χ3n) is 5.44. The zero-order valence-corrected chi connectivity index (χ0v) is 14.3. The molecule has 0 aliphatic carbocycles. The molecule has 0 saturated carbocycles. The number of hydrogen-bond acceptors (Lipinski definition) is 2. The predicted molar refractivity (Wildman–Crippen MR) is 94.4 cm³/mol. The smallest absolute Gasteiger partial charge is 0.222 e. The van der Waals surface area contributed by atoms with Crippen LogP contribution in [-0.4, -0.2) is 47.9 Å².